The molecule has 0 saturated carbocycles. The molecule has 3 nitrogen and oxygen atoms in total. The van der Waals surface area contributed by atoms with Gasteiger partial charge in [0, 0.05) is 12.2 Å². The Bertz CT molecular complexity index is 407. The number of carbonyl (C=O) groups is 1. The normalized spacial score (nSPS) is 11.3. The summed E-state index contributed by atoms with van der Waals surface area (Å²) in [6, 6.07) is 7.10. The van der Waals surface area contributed by atoms with Crippen molar-refractivity contribution in [2.24, 2.45) is 0 Å². The summed E-state index contributed by atoms with van der Waals surface area (Å²) in [6.45, 7) is 4.53. The van der Waals surface area contributed by atoms with Gasteiger partial charge in [0.15, 0.2) is 0 Å². The van der Waals surface area contributed by atoms with E-state index in [0.717, 1.165) is 12.2 Å². The van der Waals surface area contributed by atoms with Crippen LogP contribution in [0.15, 0.2) is 24.3 Å². The number of carbonyl (C=O) groups excluding carboxylic acids is 1. The molecular weight excluding hydrogens is 200 g/mol. The first-order valence-electron chi connectivity index (χ1n) is 5.29. The quantitative estimate of drug-likeness (QED) is 0.754. The van der Waals surface area contributed by atoms with Crippen molar-refractivity contribution in [3.05, 3.63) is 29.8 Å². The molecule has 1 unspecified atom stereocenters. The summed E-state index contributed by atoms with van der Waals surface area (Å²) in [5, 5.41) is 5.87. The van der Waals surface area contributed by atoms with Crippen LogP contribution in [0.5, 0.6) is 0 Å². The van der Waals surface area contributed by atoms with E-state index in [2.05, 4.69) is 16.6 Å². The maximum absolute atomic E-state index is 11.9. The smallest absolute Gasteiger partial charge is 0.254 e. The van der Waals surface area contributed by atoms with Gasteiger partial charge in [-0.15, -0.1) is 6.42 Å². The number of hydrogen-bond donors (Lipinski definition) is 2. The van der Waals surface area contributed by atoms with Crippen molar-refractivity contribution in [2.45, 2.75) is 19.9 Å². The second-order valence-corrected chi connectivity index (χ2v) is 3.44. The predicted octanol–water partition coefficient (Wildman–Crippen LogP) is 1.87. The van der Waals surface area contributed by atoms with Crippen LogP contribution in [0.25, 0.3) is 0 Å². The van der Waals surface area contributed by atoms with Gasteiger partial charge in [0.05, 0.1) is 11.6 Å². The third-order valence-electron chi connectivity index (χ3n) is 2.14. The molecule has 0 aromatic heterocycles. The first-order valence-corrected chi connectivity index (χ1v) is 5.29. The van der Waals surface area contributed by atoms with Gasteiger partial charge in [-0.1, -0.05) is 18.1 Å². The molecule has 0 radical (unpaired) electrons. The first-order chi connectivity index (χ1) is 7.69. The molecule has 16 heavy (non-hydrogen) atoms. The van der Waals surface area contributed by atoms with Gasteiger partial charge >= 0.3 is 0 Å². The Labute approximate surface area is 96.2 Å². The Morgan fingerprint density at radius 1 is 1.50 bits per heavy atom. The minimum atomic E-state index is -0.262. The van der Waals surface area contributed by atoms with E-state index in [-0.39, 0.29) is 11.9 Å². The number of terminal acetylenes is 1. The highest BCUT2D eigenvalue weighted by Crippen LogP contribution is 2.14. The lowest BCUT2D eigenvalue weighted by Crippen LogP contribution is -2.31. The van der Waals surface area contributed by atoms with E-state index in [9.17, 15) is 4.79 Å². The molecule has 84 valence electrons. The second kappa shape index (κ2) is 5.82. The van der Waals surface area contributed by atoms with Crippen LogP contribution in [0.3, 0.4) is 0 Å². The Hall–Kier alpha value is -1.95. The lowest BCUT2D eigenvalue weighted by Gasteiger charge is -2.12. The van der Waals surface area contributed by atoms with Crippen LogP contribution < -0.4 is 10.6 Å². The van der Waals surface area contributed by atoms with Crippen molar-refractivity contribution >= 4 is 11.6 Å². The molecule has 3 heteroatoms. The summed E-state index contributed by atoms with van der Waals surface area (Å²) >= 11 is 0. The van der Waals surface area contributed by atoms with E-state index in [4.69, 9.17) is 6.42 Å². The maximum Gasteiger partial charge on any atom is 0.254 e. The average molecular weight is 216 g/mol. The largest absolute Gasteiger partial charge is 0.385 e. The number of rotatable bonds is 4. The first kappa shape index (κ1) is 12.1. The third kappa shape index (κ3) is 3.03. The Morgan fingerprint density at radius 3 is 2.81 bits per heavy atom. The van der Waals surface area contributed by atoms with Crippen LogP contribution in [0.4, 0.5) is 5.69 Å². The summed E-state index contributed by atoms with van der Waals surface area (Å²) in [5.41, 5.74) is 1.44. The molecule has 1 atom stereocenters. The van der Waals surface area contributed by atoms with Crippen LogP contribution in [-0.2, 0) is 0 Å². The SMILES string of the molecule is C#CC(C)NC(=O)c1ccccc1NCC. The van der Waals surface area contributed by atoms with Gasteiger partial charge in [-0.05, 0) is 26.0 Å². The van der Waals surface area contributed by atoms with E-state index in [1.54, 1.807) is 13.0 Å². The van der Waals surface area contributed by atoms with E-state index in [1.165, 1.54) is 0 Å². The predicted molar refractivity (Wildman–Crippen MR) is 66.4 cm³/mol. The highest BCUT2D eigenvalue weighted by Gasteiger charge is 2.11. The monoisotopic (exact) mass is 216 g/mol. The molecule has 0 spiro atoms. The minimum Gasteiger partial charge on any atom is -0.385 e. The van der Waals surface area contributed by atoms with Crippen molar-refractivity contribution in [1.29, 1.82) is 0 Å². The standard InChI is InChI=1S/C13H16N2O/c1-4-10(3)15-13(16)11-8-6-7-9-12(11)14-5-2/h1,6-10,14H,5H2,2-3H3,(H,15,16). The molecule has 0 aliphatic carbocycles. The molecule has 0 saturated heterocycles. The fourth-order valence-electron chi connectivity index (χ4n) is 1.34. The van der Waals surface area contributed by atoms with Crippen molar-refractivity contribution < 1.29 is 4.79 Å². The molecule has 0 heterocycles. The highest BCUT2D eigenvalue weighted by molar-refractivity contribution is 5.99. The third-order valence-corrected chi connectivity index (χ3v) is 2.14. The molecule has 1 amide bonds. The molecule has 1 rings (SSSR count). The summed E-state index contributed by atoms with van der Waals surface area (Å²) in [6.07, 6.45) is 5.21. The zero-order chi connectivity index (χ0) is 12.0. The highest BCUT2D eigenvalue weighted by atomic mass is 16.1. The van der Waals surface area contributed by atoms with E-state index < -0.39 is 0 Å². The molecule has 0 aliphatic rings. The number of hydrogen-bond acceptors (Lipinski definition) is 2. The number of anilines is 1. The Kier molecular flexibility index (Phi) is 4.41. The molecular formula is C13H16N2O. The number of amides is 1. The minimum absolute atomic E-state index is 0.151. The van der Waals surface area contributed by atoms with E-state index in [0.29, 0.717) is 5.56 Å². The maximum atomic E-state index is 11.9. The summed E-state index contributed by atoms with van der Waals surface area (Å²) in [5.74, 6) is 2.31. The van der Waals surface area contributed by atoms with Crippen molar-refractivity contribution in [1.82, 2.24) is 5.32 Å². The van der Waals surface area contributed by atoms with Crippen LogP contribution >= 0.6 is 0 Å². The van der Waals surface area contributed by atoms with Crippen LogP contribution in [-0.4, -0.2) is 18.5 Å². The number of nitrogens with one attached hydrogen (secondary N) is 2. The zero-order valence-corrected chi connectivity index (χ0v) is 9.58. The lowest BCUT2D eigenvalue weighted by atomic mass is 10.1. The van der Waals surface area contributed by atoms with Crippen LogP contribution in [0, 0.1) is 12.3 Å². The second-order valence-electron chi connectivity index (χ2n) is 3.44. The van der Waals surface area contributed by atoms with Gasteiger partial charge in [-0.3, -0.25) is 4.79 Å². The van der Waals surface area contributed by atoms with Gasteiger partial charge < -0.3 is 10.6 Å². The fourth-order valence-corrected chi connectivity index (χ4v) is 1.34. The number of para-hydroxylation sites is 1. The fraction of sp³-hybridized carbons (Fsp3) is 0.308. The molecule has 0 fully saturated rings. The lowest BCUT2D eigenvalue weighted by molar-refractivity contribution is 0.0949. The van der Waals surface area contributed by atoms with Crippen molar-refractivity contribution in [3.8, 4) is 12.3 Å². The van der Waals surface area contributed by atoms with Gasteiger partial charge in [0.1, 0.15) is 0 Å². The van der Waals surface area contributed by atoms with Gasteiger partial charge in [-0.2, -0.15) is 0 Å². The van der Waals surface area contributed by atoms with E-state index >= 15 is 0 Å². The van der Waals surface area contributed by atoms with Gasteiger partial charge in [0.2, 0.25) is 0 Å². The molecule has 0 aliphatic heterocycles. The van der Waals surface area contributed by atoms with Crippen molar-refractivity contribution in [2.75, 3.05) is 11.9 Å². The van der Waals surface area contributed by atoms with Crippen molar-refractivity contribution in [3.63, 3.8) is 0 Å². The summed E-state index contributed by atoms with van der Waals surface area (Å²) in [7, 11) is 0. The Balaban J connectivity index is 2.86. The molecule has 1 aromatic rings. The zero-order valence-electron chi connectivity index (χ0n) is 9.58. The Morgan fingerprint density at radius 2 is 2.19 bits per heavy atom. The molecule has 2 N–H and O–H groups in total. The van der Waals surface area contributed by atoms with Crippen LogP contribution in [0.1, 0.15) is 24.2 Å². The summed E-state index contributed by atoms with van der Waals surface area (Å²) < 4.78 is 0. The molecule has 1 aromatic carbocycles. The topological polar surface area (TPSA) is 41.1 Å². The number of benzene rings is 1. The van der Waals surface area contributed by atoms with E-state index in [1.807, 2.05) is 25.1 Å². The van der Waals surface area contributed by atoms with Crippen LogP contribution in [0.2, 0.25) is 0 Å². The molecule has 0 bridgehead atoms. The summed E-state index contributed by atoms with van der Waals surface area (Å²) in [4.78, 5) is 11.9. The van der Waals surface area contributed by atoms with Gasteiger partial charge in [-0.25, -0.2) is 0 Å². The van der Waals surface area contributed by atoms with Gasteiger partial charge in [0.25, 0.3) is 5.91 Å². The average Bonchev–Trinajstić information content (AvgIpc) is 2.30.